The lowest BCUT2D eigenvalue weighted by Crippen LogP contribution is -2.56. The van der Waals surface area contributed by atoms with Crippen LogP contribution in [-0.2, 0) is 9.59 Å². The molecule has 26 heavy (non-hydrogen) atoms. The molecule has 1 aliphatic heterocycles. The molecule has 0 unspecified atom stereocenters. The Kier molecular flexibility index (Phi) is 4.81. The molecule has 3 fully saturated rings. The van der Waals surface area contributed by atoms with E-state index >= 15 is 0 Å². The molecule has 2 aliphatic carbocycles. The number of aliphatic hydroxyl groups is 2. The fourth-order valence-corrected chi connectivity index (χ4v) is 6.01. The van der Waals surface area contributed by atoms with E-state index < -0.39 is 35.6 Å². The van der Waals surface area contributed by atoms with Crippen molar-refractivity contribution in [2.75, 3.05) is 0 Å². The summed E-state index contributed by atoms with van der Waals surface area (Å²) in [7, 11) is 0. The van der Waals surface area contributed by atoms with Gasteiger partial charge >= 0.3 is 0 Å². The van der Waals surface area contributed by atoms with Gasteiger partial charge in [0.2, 0.25) is 11.8 Å². The summed E-state index contributed by atoms with van der Waals surface area (Å²) < 4.78 is 14.6. The molecular weight excluding hydrogens is 337 g/mol. The van der Waals surface area contributed by atoms with Crippen molar-refractivity contribution in [3.63, 3.8) is 0 Å². The molecule has 6 heteroatoms. The largest absolute Gasteiger partial charge is 0.392 e. The van der Waals surface area contributed by atoms with Crippen molar-refractivity contribution >= 4 is 11.8 Å². The molecule has 3 aliphatic rings. The summed E-state index contributed by atoms with van der Waals surface area (Å²) in [5, 5.41) is 23.4. The highest BCUT2D eigenvalue weighted by Gasteiger charge is 2.58. The van der Waals surface area contributed by atoms with Crippen molar-refractivity contribution < 1.29 is 24.2 Å². The lowest BCUT2D eigenvalue weighted by molar-refractivity contribution is -0.130. The number of alkyl halides is 1. The fourth-order valence-electron chi connectivity index (χ4n) is 6.01. The molecule has 1 heterocycles. The molecule has 0 bridgehead atoms. The van der Waals surface area contributed by atoms with Crippen LogP contribution in [0.4, 0.5) is 4.39 Å². The number of halogens is 1. The van der Waals surface area contributed by atoms with Gasteiger partial charge in [-0.25, -0.2) is 4.39 Å². The maximum Gasteiger partial charge on any atom is 0.232 e. The van der Waals surface area contributed by atoms with E-state index in [1.54, 1.807) is 0 Å². The summed E-state index contributed by atoms with van der Waals surface area (Å²) in [4.78, 5) is 23.4. The van der Waals surface area contributed by atoms with E-state index in [4.69, 9.17) is 0 Å². The molecule has 0 aromatic heterocycles. The van der Waals surface area contributed by atoms with Crippen LogP contribution < -0.4 is 5.32 Å². The zero-order valence-electron chi connectivity index (χ0n) is 15.8. The zero-order valence-corrected chi connectivity index (χ0v) is 15.8. The van der Waals surface area contributed by atoms with Crippen molar-refractivity contribution in [2.24, 2.45) is 28.6 Å². The number of hydrogen-bond donors (Lipinski definition) is 3. The first-order valence-corrected chi connectivity index (χ1v) is 9.48. The van der Waals surface area contributed by atoms with Crippen molar-refractivity contribution in [3.05, 3.63) is 12.2 Å². The van der Waals surface area contributed by atoms with Crippen LogP contribution >= 0.6 is 0 Å². The molecule has 3 rings (SSSR count). The first-order valence-electron chi connectivity index (χ1n) is 9.48. The number of nitrogens with one attached hydrogen (secondary N) is 1. The minimum Gasteiger partial charge on any atom is -0.392 e. The molecular formula is C20H30FNO4. The Morgan fingerprint density at radius 3 is 2.54 bits per heavy atom. The molecule has 0 spiro atoms. The molecule has 2 amide bonds. The van der Waals surface area contributed by atoms with Gasteiger partial charge in [0.25, 0.3) is 0 Å². The van der Waals surface area contributed by atoms with Gasteiger partial charge in [-0.15, -0.1) is 0 Å². The van der Waals surface area contributed by atoms with Crippen molar-refractivity contribution in [3.8, 4) is 0 Å². The number of rotatable bonds is 3. The highest BCUT2D eigenvalue weighted by atomic mass is 19.1. The van der Waals surface area contributed by atoms with Crippen LogP contribution in [-0.4, -0.2) is 40.4 Å². The average Bonchev–Trinajstić information content (AvgIpc) is 2.84. The van der Waals surface area contributed by atoms with Crippen LogP contribution in [0.2, 0.25) is 0 Å². The van der Waals surface area contributed by atoms with Crippen LogP contribution in [0.15, 0.2) is 12.2 Å². The Hall–Kier alpha value is -1.27. The topological polar surface area (TPSA) is 86.6 Å². The lowest BCUT2D eigenvalue weighted by Gasteiger charge is -2.60. The van der Waals surface area contributed by atoms with E-state index in [2.05, 4.69) is 11.9 Å². The minimum absolute atomic E-state index is 0.0286. The molecule has 0 aromatic carbocycles. The first kappa shape index (κ1) is 19.5. The Balaban J connectivity index is 1.89. The van der Waals surface area contributed by atoms with Crippen LogP contribution in [0, 0.1) is 28.6 Å². The Morgan fingerprint density at radius 1 is 1.31 bits per heavy atom. The third kappa shape index (κ3) is 3.11. The molecule has 1 saturated heterocycles. The molecule has 2 saturated carbocycles. The van der Waals surface area contributed by atoms with E-state index in [1.807, 2.05) is 20.8 Å². The quantitative estimate of drug-likeness (QED) is 0.527. The summed E-state index contributed by atoms with van der Waals surface area (Å²) in [5.74, 6) is -1.83. The Labute approximate surface area is 154 Å². The number of hydrogen-bond acceptors (Lipinski definition) is 4. The van der Waals surface area contributed by atoms with Gasteiger partial charge in [0.1, 0.15) is 6.17 Å². The maximum absolute atomic E-state index is 14.6. The zero-order chi connectivity index (χ0) is 19.4. The van der Waals surface area contributed by atoms with Crippen molar-refractivity contribution in [2.45, 2.75) is 71.3 Å². The first-order chi connectivity index (χ1) is 12.0. The van der Waals surface area contributed by atoms with Crippen LogP contribution in [0.5, 0.6) is 0 Å². The van der Waals surface area contributed by atoms with Gasteiger partial charge in [-0.05, 0) is 53.9 Å². The van der Waals surface area contributed by atoms with Crippen LogP contribution in [0.3, 0.4) is 0 Å². The predicted molar refractivity (Wildman–Crippen MR) is 94.6 cm³/mol. The summed E-state index contributed by atoms with van der Waals surface area (Å²) in [6, 6.07) is 0. The van der Waals surface area contributed by atoms with Gasteiger partial charge in [-0.2, -0.15) is 0 Å². The van der Waals surface area contributed by atoms with Crippen LogP contribution in [0.1, 0.15) is 52.9 Å². The number of fused-ring (bicyclic) bond motifs is 1. The van der Waals surface area contributed by atoms with Gasteiger partial charge in [0.15, 0.2) is 0 Å². The molecule has 0 aromatic rings. The van der Waals surface area contributed by atoms with Gasteiger partial charge in [-0.3, -0.25) is 14.9 Å². The molecule has 0 radical (unpaired) electrons. The summed E-state index contributed by atoms with van der Waals surface area (Å²) in [6.07, 6.45) is -1.11. The predicted octanol–water partition coefficient (Wildman–Crippen LogP) is 2.12. The van der Waals surface area contributed by atoms with E-state index in [9.17, 15) is 24.2 Å². The summed E-state index contributed by atoms with van der Waals surface area (Å²) >= 11 is 0. The van der Waals surface area contributed by atoms with Gasteiger partial charge < -0.3 is 10.2 Å². The molecule has 3 N–H and O–H groups in total. The second-order valence-electron chi connectivity index (χ2n) is 9.46. The lowest BCUT2D eigenvalue weighted by atomic mass is 9.46. The average molecular weight is 367 g/mol. The van der Waals surface area contributed by atoms with E-state index in [1.165, 1.54) is 0 Å². The van der Waals surface area contributed by atoms with E-state index in [0.29, 0.717) is 24.8 Å². The Bertz CT molecular complexity index is 633. The normalized spacial score (nSPS) is 43.8. The van der Waals surface area contributed by atoms with Gasteiger partial charge in [0, 0.05) is 6.42 Å². The van der Waals surface area contributed by atoms with Crippen molar-refractivity contribution in [1.29, 1.82) is 0 Å². The number of amides is 2. The second-order valence-corrected chi connectivity index (χ2v) is 9.46. The maximum atomic E-state index is 14.6. The third-order valence-corrected chi connectivity index (χ3v) is 7.23. The summed E-state index contributed by atoms with van der Waals surface area (Å²) in [6.45, 7) is 10.2. The number of carbonyl (C=O) groups is 2. The second kappa shape index (κ2) is 6.41. The van der Waals surface area contributed by atoms with Crippen molar-refractivity contribution in [1.82, 2.24) is 5.32 Å². The van der Waals surface area contributed by atoms with E-state index in [-0.39, 0.29) is 36.0 Å². The highest BCUT2D eigenvalue weighted by Crippen LogP contribution is 2.62. The smallest absolute Gasteiger partial charge is 0.232 e. The van der Waals surface area contributed by atoms with E-state index in [0.717, 1.165) is 0 Å². The summed E-state index contributed by atoms with van der Waals surface area (Å²) in [5.41, 5.74) is -0.104. The Morgan fingerprint density at radius 2 is 1.96 bits per heavy atom. The highest BCUT2D eigenvalue weighted by molar-refractivity contribution is 6.03. The fraction of sp³-hybridized carbons (Fsp3) is 0.800. The number of carbonyl (C=O) groups excluding carboxylic acids is 2. The standard InChI is InChI=1S/C20H30FNO4/c1-10-13(6-15(24)12-5-17(25)22-18(12)26)20(4)9-11(21)8-19(2,3)16(20)7-14(10)23/h11-16,23-24H,1,5-9H2,2-4H3,(H,22,25,26)/t11-,12+,13-,14-,15-,16-,20+/m0/s1. The van der Waals surface area contributed by atoms with Crippen LogP contribution in [0.25, 0.3) is 0 Å². The minimum atomic E-state index is -1.02. The monoisotopic (exact) mass is 367 g/mol. The number of imide groups is 1. The molecule has 5 nitrogen and oxygen atoms in total. The molecule has 7 atom stereocenters. The SMILES string of the molecule is C=C1[C@@H](O)C[C@H]2C(C)(C)C[C@H](F)C[C@]2(C)[C@H]1C[C@H](O)[C@H]1CC(=O)NC1=O. The van der Waals surface area contributed by atoms with Gasteiger partial charge in [-0.1, -0.05) is 27.4 Å². The third-order valence-electron chi connectivity index (χ3n) is 7.23. The number of aliphatic hydroxyl groups excluding tert-OH is 2. The van der Waals surface area contributed by atoms with Gasteiger partial charge in [0.05, 0.1) is 18.1 Å². The molecule has 146 valence electrons.